The van der Waals surface area contributed by atoms with Crippen LogP contribution in [0.3, 0.4) is 0 Å². The van der Waals surface area contributed by atoms with E-state index >= 15 is 0 Å². The average Bonchev–Trinajstić information content (AvgIpc) is 3.40. The van der Waals surface area contributed by atoms with Crippen molar-refractivity contribution in [2.24, 2.45) is 11.1 Å². The van der Waals surface area contributed by atoms with Crippen LogP contribution < -0.4 is 9.47 Å². The highest BCUT2D eigenvalue weighted by molar-refractivity contribution is 6.02. The first kappa shape index (κ1) is 20.4. The summed E-state index contributed by atoms with van der Waals surface area (Å²) in [5.74, 6) is 2.88. The minimum Gasteiger partial charge on any atom is -0.497 e. The number of ether oxygens (including phenoxy) is 2. The van der Waals surface area contributed by atoms with Crippen LogP contribution in [0.15, 0.2) is 52.2 Å². The van der Waals surface area contributed by atoms with Gasteiger partial charge in [-0.1, -0.05) is 5.16 Å². The topological polar surface area (TPSA) is 59.7 Å². The Labute approximate surface area is 193 Å². The molecule has 1 unspecified atom stereocenters. The Morgan fingerprint density at radius 1 is 1.09 bits per heavy atom. The molecule has 0 radical (unpaired) electrons. The molecule has 7 rings (SSSR count). The maximum Gasteiger partial charge on any atom is 0.227 e. The predicted molar refractivity (Wildman–Crippen MR) is 126 cm³/mol. The number of piperidine rings is 3. The summed E-state index contributed by atoms with van der Waals surface area (Å²) < 4.78 is 16.8. The third-order valence-corrected chi connectivity index (χ3v) is 7.53. The van der Waals surface area contributed by atoms with E-state index in [0.29, 0.717) is 12.5 Å². The van der Waals surface area contributed by atoms with Gasteiger partial charge in [0.05, 0.1) is 33.6 Å². The summed E-state index contributed by atoms with van der Waals surface area (Å²) >= 11 is 0. The second-order valence-corrected chi connectivity index (χ2v) is 9.29. The maximum absolute atomic E-state index is 6.39. The number of aryl methyl sites for hydroxylation is 1. The first-order valence-electron chi connectivity index (χ1n) is 11.6. The van der Waals surface area contributed by atoms with Crippen LogP contribution in [0.5, 0.6) is 11.5 Å². The average molecular weight is 448 g/mol. The fourth-order valence-electron chi connectivity index (χ4n) is 5.67. The molecule has 1 aromatic heterocycles. The first-order valence-corrected chi connectivity index (χ1v) is 11.6. The van der Waals surface area contributed by atoms with Gasteiger partial charge in [-0.25, -0.2) is 0 Å². The minimum atomic E-state index is -0.461. The molecule has 3 aromatic rings. The fraction of sp³-hybridized carbons (Fsp3) is 0.423. The number of hydrogen-bond donors (Lipinski definition) is 0. The van der Waals surface area contributed by atoms with Crippen molar-refractivity contribution in [1.82, 2.24) is 9.80 Å². The van der Waals surface area contributed by atoms with Gasteiger partial charge in [-0.3, -0.25) is 4.90 Å². The second kappa shape index (κ2) is 7.70. The fourth-order valence-corrected chi connectivity index (χ4v) is 5.67. The Balaban J connectivity index is 1.43. The lowest BCUT2D eigenvalue weighted by atomic mass is 9.79. The number of furan rings is 1. The molecule has 0 saturated carbocycles. The minimum absolute atomic E-state index is 0.437. The van der Waals surface area contributed by atoms with Crippen LogP contribution in [-0.2, 0) is 11.4 Å². The maximum atomic E-state index is 6.39. The Morgan fingerprint density at radius 2 is 1.94 bits per heavy atom. The number of fused-ring (bicyclic) bond motifs is 3. The van der Waals surface area contributed by atoms with Crippen molar-refractivity contribution in [3.05, 3.63) is 59.4 Å². The van der Waals surface area contributed by atoms with Crippen LogP contribution in [0.25, 0.3) is 11.0 Å². The molecule has 0 amide bonds. The Bertz CT molecular complexity index is 1230. The van der Waals surface area contributed by atoms with Gasteiger partial charge in [0.25, 0.3) is 0 Å². The summed E-state index contributed by atoms with van der Waals surface area (Å²) in [6.07, 6.45) is 4.05. The number of hydrogen-bond acceptors (Lipinski definition) is 7. The van der Waals surface area contributed by atoms with E-state index in [1.807, 2.05) is 18.2 Å². The Hall–Kier alpha value is -3.19. The van der Waals surface area contributed by atoms with E-state index in [1.54, 1.807) is 20.5 Å². The lowest BCUT2D eigenvalue weighted by Crippen LogP contribution is -2.66. The Morgan fingerprint density at radius 3 is 2.67 bits per heavy atom. The summed E-state index contributed by atoms with van der Waals surface area (Å²) in [6, 6.07) is 12.3. The molecule has 0 aliphatic carbocycles. The number of nitrogens with zero attached hydrogens (tertiary/aromatic N) is 3. The third kappa shape index (κ3) is 3.17. The van der Waals surface area contributed by atoms with Crippen molar-refractivity contribution in [1.29, 1.82) is 0 Å². The number of benzene rings is 2. The zero-order chi connectivity index (χ0) is 22.6. The van der Waals surface area contributed by atoms with Gasteiger partial charge in [0, 0.05) is 28.5 Å². The molecule has 4 aliphatic heterocycles. The number of oxime groups is 1. The molecule has 0 N–H and O–H groups in total. The monoisotopic (exact) mass is 447 g/mol. The summed E-state index contributed by atoms with van der Waals surface area (Å²) in [4.78, 5) is 11.3. The molecule has 4 aliphatic rings. The molecular formula is C26H29N3O4. The molecule has 7 nitrogen and oxygen atoms in total. The summed E-state index contributed by atoms with van der Waals surface area (Å²) in [7, 11) is 3.37. The summed E-state index contributed by atoms with van der Waals surface area (Å²) in [5.41, 5.74) is 3.65. The molecule has 1 atom stereocenters. The first-order chi connectivity index (χ1) is 16.1. The van der Waals surface area contributed by atoms with E-state index in [2.05, 4.69) is 34.9 Å². The Kier molecular flexibility index (Phi) is 4.76. The van der Waals surface area contributed by atoms with E-state index in [4.69, 9.17) is 23.9 Å². The SMILES string of the molecule is COc1ccc(CN2C(c3ccc4occ(C)c4c3)=NOC23CN2CCC3CC2)c(OC)c1. The molecule has 3 fully saturated rings. The van der Waals surface area contributed by atoms with Gasteiger partial charge >= 0.3 is 0 Å². The van der Waals surface area contributed by atoms with Gasteiger partial charge in [-0.2, -0.15) is 0 Å². The molecular weight excluding hydrogens is 418 g/mol. The summed E-state index contributed by atoms with van der Waals surface area (Å²) in [5, 5.41) is 5.81. The largest absolute Gasteiger partial charge is 0.497 e. The van der Waals surface area contributed by atoms with Gasteiger partial charge in [-0.15, -0.1) is 0 Å². The van der Waals surface area contributed by atoms with Gasteiger partial charge in [-0.05, 0) is 68.8 Å². The van der Waals surface area contributed by atoms with Crippen LogP contribution in [0.1, 0.15) is 29.5 Å². The van der Waals surface area contributed by atoms with Crippen LogP contribution in [0.4, 0.5) is 0 Å². The zero-order valence-electron chi connectivity index (χ0n) is 19.3. The van der Waals surface area contributed by atoms with Crippen LogP contribution in [0, 0.1) is 12.8 Å². The van der Waals surface area contributed by atoms with Gasteiger partial charge in [0.1, 0.15) is 17.1 Å². The number of amidine groups is 1. The third-order valence-electron chi connectivity index (χ3n) is 7.53. The molecule has 172 valence electrons. The second-order valence-electron chi connectivity index (χ2n) is 9.29. The standard InChI is InChI=1S/C26H29N3O4/c1-17-15-32-23-7-5-18(12-22(17)23)25-27-33-26(16-28-10-8-20(26)9-11-28)29(25)14-19-4-6-21(30-2)13-24(19)31-3/h4-7,12-13,15,20H,8-11,14,16H2,1-3H3. The van der Waals surface area contributed by atoms with E-state index < -0.39 is 5.72 Å². The van der Waals surface area contributed by atoms with Crippen LogP contribution >= 0.6 is 0 Å². The van der Waals surface area contributed by atoms with E-state index in [0.717, 1.165) is 77.5 Å². The van der Waals surface area contributed by atoms with Gasteiger partial charge in [0.15, 0.2) is 5.84 Å². The molecule has 33 heavy (non-hydrogen) atoms. The van der Waals surface area contributed by atoms with Crippen molar-refractivity contribution < 1.29 is 18.7 Å². The smallest absolute Gasteiger partial charge is 0.227 e. The highest BCUT2D eigenvalue weighted by Gasteiger charge is 2.57. The highest BCUT2D eigenvalue weighted by Crippen LogP contribution is 2.45. The summed E-state index contributed by atoms with van der Waals surface area (Å²) in [6.45, 7) is 5.82. The molecule has 7 heteroatoms. The van der Waals surface area contributed by atoms with Gasteiger partial charge in [0.2, 0.25) is 5.72 Å². The lowest BCUT2D eigenvalue weighted by Gasteiger charge is -2.53. The van der Waals surface area contributed by atoms with Crippen LogP contribution in [-0.4, -0.2) is 55.2 Å². The van der Waals surface area contributed by atoms with Crippen LogP contribution in [0.2, 0.25) is 0 Å². The lowest BCUT2D eigenvalue weighted by molar-refractivity contribution is -0.198. The molecule has 1 spiro atoms. The number of methoxy groups -OCH3 is 2. The molecule has 2 aromatic carbocycles. The van der Waals surface area contributed by atoms with E-state index in [-0.39, 0.29) is 0 Å². The zero-order valence-corrected chi connectivity index (χ0v) is 19.3. The predicted octanol–water partition coefficient (Wildman–Crippen LogP) is 4.37. The van der Waals surface area contributed by atoms with Crippen molar-refractivity contribution >= 4 is 16.8 Å². The quantitative estimate of drug-likeness (QED) is 0.579. The van der Waals surface area contributed by atoms with Crippen molar-refractivity contribution in [2.45, 2.75) is 32.0 Å². The van der Waals surface area contributed by atoms with E-state index in [1.165, 1.54) is 0 Å². The number of rotatable bonds is 5. The molecule has 3 saturated heterocycles. The van der Waals surface area contributed by atoms with Crippen molar-refractivity contribution in [3.8, 4) is 11.5 Å². The van der Waals surface area contributed by atoms with Gasteiger partial charge < -0.3 is 23.6 Å². The normalized spacial score (nSPS) is 26.0. The van der Waals surface area contributed by atoms with Crippen molar-refractivity contribution in [3.63, 3.8) is 0 Å². The van der Waals surface area contributed by atoms with Crippen molar-refractivity contribution in [2.75, 3.05) is 33.9 Å². The molecule has 5 heterocycles. The van der Waals surface area contributed by atoms with E-state index in [9.17, 15) is 0 Å². The highest BCUT2D eigenvalue weighted by atomic mass is 16.7. The molecule has 2 bridgehead atoms.